The molecular formula is C34H43F2N3O4. The summed E-state index contributed by atoms with van der Waals surface area (Å²) in [6.07, 6.45) is 1.52. The SMILES string of the molecule is CC.CC.COc1ccc(CNC(=O)C(/C(=C\C=O)Oc2cccc(F)c2C)=C(\Nc2ccc(C)cc2F)N(C)C)cc1. The van der Waals surface area contributed by atoms with E-state index in [9.17, 15) is 18.4 Å². The summed E-state index contributed by atoms with van der Waals surface area (Å²) in [5, 5.41) is 5.78. The minimum absolute atomic E-state index is 0.0933. The number of nitrogens with zero attached hydrogens (tertiary/aromatic N) is 1. The average molecular weight is 596 g/mol. The van der Waals surface area contributed by atoms with Gasteiger partial charge in [-0.15, -0.1) is 0 Å². The summed E-state index contributed by atoms with van der Waals surface area (Å²) in [5.74, 6) is -0.892. The van der Waals surface area contributed by atoms with Crippen LogP contribution in [0.4, 0.5) is 14.5 Å². The highest BCUT2D eigenvalue weighted by Gasteiger charge is 2.25. The van der Waals surface area contributed by atoms with Crippen molar-refractivity contribution in [1.29, 1.82) is 0 Å². The highest BCUT2D eigenvalue weighted by atomic mass is 19.1. The van der Waals surface area contributed by atoms with Crippen LogP contribution in [0.15, 0.2) is 83.9 Å². The average Bonchev–Trinajstić information content (AvgIpc) is 3.01. The van der Waals surface area contributed by atoms with Crippen molar-refractivity contribution in [2.24, 2.45) is 0 Å². The third kappa shape index (κ3) is 10.6. The van der Waals surface area contributed by atoms with Crippen molar-refractivity contribution in [2.45, 2.75) is 48.1 Å². The molecule has 3 rings (SSSR count). The second-order valence-corrected chi connectivity index (χ2v) is 8.89. The number of hydrogen-bond donors (Lipinski definition) is 2. The van der Waals surface area contributed by atoms with E-state index in [-0.39, 0.29) is 40.7 Å². The summed E-state index contributed by atoms with van der Waals surface area (Å²) in [7, 11) is 4.86. The van der Waals surface area contributed by atoms with Gasteiger partial charge in [0.15, 0.2) is 0 Å². The van der Waals surface area contributed by atoms with Crippen molar-refractivity contribution in [3.05, 3.63) is 112 Å². The molecule has 0 atom stereocenters. The van der Waals surface area contributed by atoms with Crippen LogP contribution in [0, 0.1) is 25.5 Å². The Kier molecular flexibility index (Phi) is 15.8. The fourth-order valence-electron chi connectivity index (χ4n) is 3.64. The first-order valence-corrected chi connectivity index (χ1v) is 14.1. The molecule has 232 valence electrons. The van der Waals surface area contributed by atoms with Gasteiger partial charge in [0.25, 0.3) is 5.91 Å². The van der Waals surface area contributed by atoms with Crippen molar-refractivity contribution >= 4 is 17.9 Å². The Morgan fingerprint density at radius 3 is 2.14 bits per heavy atom. The van der Waals surface area contributed by atoms with Crippen LogP contribution < -0.4 is 20.1 Å². The van der Waals surface area contributed by atoms with Crippen LogP contribution in [-0.4, -0.2) is 38.3 Å². The lowest BCUT2D eigenvalue weighted by molar-refractivity contribution is -0.117. The Bertz CT molecular complexity index is 1400. The summed E-state index contributed by atoms with van der Waals surface area (Å²) < 4.78 is 40.2. The first-order chi connectivity index (χ1) is 20.6. The third-order valence-electron chi connectivity index (χ3n) is 5.80. The van der Waals surface area contributed by atoms with Crippen molar-refractivity contribution < 1.29 is 27.8 Å². The molecule has 0 radical (unpaired) electrons. The van der Waals surface area contributed by atoms with E-state index in [1.807, 2.05) is 27.7 Å². The fourth-order valence-corrected chi connectivity index (χ4v) is 3.64. The lowest BCUT2D eigenvalue weighted by Crippen LogP contribution is -2.32. The number of amides is 1. The zero-order valence-electron chi connectivity index (χ0n) is 26.5. The first kappa shape index (κ1) is 36.4. The second-order valence-electron chi connectivity index (χ2n) is 8.89. The number of methoxy groups -OCH3 is 1. The van der Waals surface area contributed by atoms with Gasteiger partial charge in [0.2, 0.25) is 0 Å². The minimum Gasteiger partial charge on any atom is -0.497 e. The molecule has 2 N–H and O–H groups in total. The van der Waals surface area contributed by atoms with E-state index in [2.05, 4.69) is 10.6 Å². The van der Waals surface area contributed by atoms with Crippen LogP contribution in [0.5, 0.6) is 11.5 Å². The van der Waals surface area contributed by atoms with Crippen LogP contribution in [0.2, 0.25) is 0 Å². The van der Waals surface area contributed by atoms with E-state index in [1.165, 1.54) is 31.2 Å². The van der Waals surface area contributed by atoms with Gasteiger partial charge in [0.1, 0.15) is 46.6 Å². The molecule has 0 saturated heterocycles. The maximum absolute atomic E-state index is 14.8. The van der Waals surface area contributed by atoms with E-state index in [0.29, 0.717) is 12.0 Å². The Labute approximate surface area is 254 Å². The summed E-state index contributed by atoms with van der Waals surface area (Å²) in [4.78, 5) is 26.9. The number of ether oxygens (including phenoxy) is 2. The predicted molar refractivity (Wildman–Crippen MR) is 169 cm³/mol. The molecule has 0 bridgehead atoms. The van der Waals surface area contributed by atoms with Crippen molar-refractivity contribution in [3.8, 4) is 11.5 Å². The molecule has 43 heavy (non-hydrogen) atoms. The predicted octanol–water partition coefficient (Wildman–Crippen LogP) is 7.31. The zero-order valence-corrected chi connectivity index (χ0v) is 26.5. The molecule has 7 nitrogen and oxygen atoms in total. The second kappa shape index (κ2) is 18.7. The van der Waals surface area contributed by atoms with E-state index in [4.69, 9.17) is 9.47 Å². The smallest absolute Gasteiger partial charge is 0.259 e. The Morgan fingerprint density at radius 1 is 0.930 bits per heavy atom. The Balaban J connectivity index is 0.00000221. The number of carbonyl (C=O) groups is 2. The maximum atomic E-state index is 14.8. The number of rotatable bonds is 11. The molecule has 1 amide bonds. The molecule has 0 unspecified atom stereocenters. The van der Waals surface area contributed by atoms with Crippen molar-refractivity contribution in [3.63, 3.8) is 0 Å². The normalized spacial score (nSPS) is 11.0. The molecular weight excluding hydrogens is 552 g/mol. The lowest BCUT2D eigenvalue weighted by atomic mass is 10.1. The molecule has 0 saturated carbocycles. The third-order valence-corrected chi connectivity index (χ3v) is 5.80. The molecule has 3 aromatic rings. The minimum atomic E-state index is -0.614. The quantitative estimate of drug-likeness (QED) is 0.105. The molecule has 0 aliphatic rings. The van der Waals surface area contributed by atoms with Gasteiger partial charge in [-0.1, -0.05) is 52.0 Å². The highest BCUT2D eigenvalue weighted by molar-refractivity contribution is 5.99. The van der Waals surface area contributed by atoms with E-state index >= 15 is 0 Å². The number of aldehydes is 1. The lowest BCUT2D eigenvalue weighted by Gasteiger charge is -2.25. The van der Waals surface area contributed by atoms with Gasteiger partial charge in [-0.2, -0.15) is 0 Å². The van der Waals surface area contributed by atoms with Gasteiger partial charge >= 0.3 is 0 Å². The van der Waals surface area contributed by atoms with Gasteiger partial charge in [-0.05, 0) is 61.4 Å². The molecule has 0 spiro atoms. The van der Waals surface area contributed by atoms with Gasteiger partial charge in [0.05, 0.1) is 12.8 Å². The molecule has 0 aromatic heterocycles. The van der Waals surface area contributed by atoms with E-state index < -0.39 is 17.5 Å². The fraction of sp³-hybridized carbons (Fsp3) is 0.294. The van der Waals surface area contributed by atoms with Crippen LogP contribution in [0.3, 0.4) is 0 Å². The van der Waals surface area contributed by atoms with Gasteiger partial charge in [-0.25, -0.2) is 8.78 Å². The first-order valence-electron chi connectivity index (χ1n) is 14.1. The number of halogens is 2. The number of aryl methyl sites for hydroxylation is 1. The van der Waals surface area contributed by atoms with Crippen LogP contribution in [0.25, 0.3) is 0 Å². The number of nitrogens with one attached hydrogen (secondary N) is 2. The van der Waals surface area contributed by atoms with E-state index in [0.717, 1.165) is 17.2 Å². The van der Waals surface area contributed by atoms with Crippen LogP contribution in [0.1, 0.15) is 44.4 Å². The van der Waals surface area contributed by atoms with Gasteiger partial charge in [0, 0.05) is 32.3 Å². The summed E-state index contributed by atoms with van der Waals surface area (Å²) in [6.45, 7) is 11.4. The largest absolute Gasteiger partial charge is 0.497 e. The molecule has 0 aliphatic carbocycles. The standard InChI is InChI=1S/C30H31F2N3O4.2C2H6/c1-19-9-14-25(24(32)17-19)34-29(35(3)4)28(30(37)33-18-21-10-12-22(38-5)13-11-21)27(15-16-36)39-26-8-6-7-23(31)20(26)2;2*1-2/h6-17,34H,18H2,1-5H3,(H,33,37);2*1-2H3/b27-15+,29-28+;;. The Hall–Kier alpha value is -4.66. The topological polar surface area (TPSA) is 79.9 Å². The summed E-state index contributed by atoms with van der Waals surface area (Å²) in [5.41, 5.74) is 1.71. The molecule has 0 fully saturated rings. The number of benzene rings is 3. The van der Waals surface area contributed by atoms with Crippen molar-refractivity contribution in [2.75, 3.05) is 26.5 Å². The molecule has 9 heteroatoms. The summed E-state index contributed by atoms with van der Waals surface area (Å²) in [6, 6.07) is 16.0. The maximum Gasteiger partial charge on any atom is 0.259 e. The van der Waals surface area contributed by atoms with Crippen LogP contribution >= 0.6 is 0 Å². The van der Waals surface area contributed by atoms with Crippen LogP contribution in [-0.2, 0) is 16.1 Å². The van der Waals surface area contributed by atoms with E-state index in [1.54, 1.807) is 69.4 Å². The van der Waals surface area contributed by atoms with Gasteiger partial charge in [-0.3, -0.25) is 9.59 Å². The highest BCUT2D eigenvalue weighted by Crippen LogP contribution is 2.28. The zero-order chi connectivity index (χ0) is 32.5. The summed E-state index contributed by atoms with van der Waals surface area (Å²) >= 11 is 0. The van der Waals surface area contributed by atoms with Crippen molar-refractivity contribution in [1.82, 2.24) is 10.2 Å². The van der Waals surface area contributed by atoms with Gasteiger partial charge < -0.3 is 25.0 Å². The molecule has 0 heterocycles. The Morgan fingerprint density at radius 2 is 1.58 bits per heavy atom. The number of hydrogen-bond acceptors (Lipinski definition) is 6. The number of anilines is 1. The monoisotopic (exact) mass is 595 g/mol. The number of carbonyl (C=O) groups excluding carboxylic acids is 2. The molecule has 0 aliphatic heterocycles. The number of allylic oxidation sites excluding steroid dienone is 1. The molecule has 3 aromatic carbocycles.